The zero-order valence-electron chi connectivity index (χ0n) is 10.6. The molecule has 0 bridgehead atoms. The van der Waals surface area contributed by atoms with Gasteiger partial charge in [0.1, 0.15) is 0 Å². The fraction of sp³-hybridized carbons (Fsp3) is 1.00. The van der Waals surface area contributed by atoms with Gasteiger partial charge in [-0.25, -0.2) is 13.1 Å². The van der Waals surface area contributed by atoms with Crippen LogP contribution in [0.25, 0.3) is 0 Å². The van der Waals surface area contributed by atoms with E-state index in [1.807, 2.05) is 0 Å². The van der Waals surface area contributed by atoms with E-state index in [-0.39, 0.29) is 0 Å². The minimum Gasteiger partial charge on any atom is -0.212 e. The highest BCUT2D eigenvalue weighted by molar-refractivity contribution is 9.09. The topological polar surface area (TPSA) is 46.2 Å². The molecule has 0 saturated heterocycles. The molecule has 1 fully saturated rings. The Bertz CT molecular complexity index is 378. The summed E-state index contributed by atoms with van der Waals surface area (Å²) >= 11 is 3.31. The molecule has 0 aromatic heterocycles. The lowest BCUT2D eigenvalue weighted by molar-refractivity contribution is -0.134. The molecular weight excluding hydrogens is 347 g/mol. The van der Waals surface area contributed by atoms with E-state index >= 15 is 0 Å². The summed E-state index contributed by atoms with van der Waals surface area (Å²) in [7, 11) is -3.65. The average molecular weight is 366 g/mol. The Morgan fingerprint density at radius 1 is 1.16 bits per heavy atom. The Hall–Kier alpha value is 0.180. The van der Waals surface area contributed by atoms with E-state index in [0.717, 1.165) is 32.1 Å². The zero-order chi connectivity index (χ0) is 14.6. The highest BCUT2D eigenvalue weighted by Crippen LogP contribution is 2.30. The van der Waals surface area contributed by atoms with Crippen molar-refractivity contribution in [2.24, 2.45) is 0 Å². The van der Waals surface area contributed by atoms with Crippen LogP contribution in [0, 0.1) is 0 Å². The lowest BCUT2D eigenvalue weighted by atomic mass is 9.84. The lowest BCUT2D eigenvalue weighted by Crippen LogP contribution is -2.51. The Morgan fingerprint density at radius 3 is 2.21 bits per heavy atom. The second-order valence-corrected chi connectivity index (χ2v) is 7.52. The van der Waals surface area contributed by atoms with Crippen LogP contribution in [0.5, 0.6) is 0 Å². The van der Waals surface area contributed by atoms with E-state index in [2.05, 4.69) is 20.7 Å². The summed E-state index contributed by atoms with van der Waals surface area (Å²) in [5.74, 6) is -0.471. The first-order chi connectivity index (χ1) is 8.68. The second-order valence-electron chi connectivity index (χ2n) is 5.11. The lowest BCUT2D eigenvalue weighted by Gasteiger charge is -2.36. The van der Waals surface area contributed by atoms with Crippen molar-refractivity contribution in [3.63, 3.8) is 0 Å². The summed E-state index contributed by atoms with van der Waals surface area (Å²) in [6.07, 6.45) is -1.33. The third-order valence-corrected chi connectivity index (χ3v) is 5.96. The molecule has 0 spiro atoms. The predicted molar refractivity (Wildman–Crippen MR) is 71.8 cm³/mol. The van der Waals surface area contributed by atoms with E-state index < -0.39 is 40.3 Å². The van der Waals surface area contributed by atoms with E-state index in [1.54, 1.807) is 0 Å². The zero-order valence-corrected chi connectivity index (χ0v) is 13.0. The van der Waals surface area contributed by atoms with Gasteiger partial charge in [0.15, 0.2) is 0 Å². The first-order valence-corrected chi connectivity index (χ1v) is 9.10. The fourth-order valence-corrected chi connectivity index (χ4v) is 4.78. The molecule has 0 aliphatic heterocycles. The van der Waals surface area contributed by atoms with Crippen molar-refractivity contribution in [3.05, 3.63) is 0 Å². The maximum Gasteiger partial charge on any atom is 0.389 e. The molecule has 0 atom stereocenters. The van der Waals surface area contributed by atoms with Crippen molar-refractivity contribution in [3.8, 4) is 0 Å². The number of nitrogens with one attached hydrogen (secondary N) is 1. The van der Waals surface area contributed by atoms with Crippen LogP contribution < -0.4 is 4.72 Å². The first-order valence-electron chi connectivity index (χ1n) is 6.32. The minimum absolute atomic E-state index is 0.392. The summed E-state index contributed by atoms with van der Waals surface area (Å²) < 4.78 is 62.3. The Balaban J connectivity index is 2.52. The molecule has 0 aromatic rings. The van der Waals surface area contributed by atoms with Crippen LogP contribution in [-0.2, 0) is 10.0 Å². The summed E-state index contributed by atoms with van der Waals surface area (Å²) in [4.78, 5) is 0. The standard InChI is InChI=1S/C11H19BrF3NO2S/c12-9-10(5-2-1-3-6-10)16-19(17,18)8-4-7-11(13,14)15/h16H,1-9H2. The SMILES string of the molecule is O=S(=O)(CCCC(F)(F)F)NC1(CBr)CCCCC1. The van der Waals surface area contributed by atoms with Crippen LogP contribution in [-0.4, -0.2) is 31.2 Å². The van der Waals surface area contributed by atoms with E-state index in [0.29, 0.717) is 5.33 Å². The van der Waals surface area contributed by atoms with Crippen molar-refractivity contribution < 1.29 is 21.6 Å². The third-order valence-electron chi connectivity index (χ3n) is 3.31. The first kappa shape index (κ1) is 17.2. The monoisotopic (exact) mass is 365 g/mol. The molecule has 0 aromatic carbocycles. The summed E-state index contributed by atoms with van der Waals surface area (Å²) in [5.41, 5.74) is -0.519. The molecule has 0 radical (unpaired) electrons. The predicted octanol–water partition coefficient (Wildman–Crippen LogP) is 3.35. The number of sulfonamides is 1. The van der Waals surface area contributed by atoms with E-state index in [4.69, 9.17) is 0 Å². The second kappa shape index (κ2) is 6.76. The molecule has 1 aliphatic carbocycles. The van der Waals surface area contributed by atoms with E-state index in [1.165, 1.54) is 0 Å². The molecule has 3 nitrogen and oxygen atoms in total. The van der Waals surface area contributed by atoms with Crippen molar-refractivity contribution in [1.29, 1.82) is 0 Å². The van der Waals surface area contributed by atoms with Crippen molar-refractivity contribution in [2.45, 2.75) is 56.7 Å². The van der Waals surface area contributed by atoms with Gasteiger partial charge in [-0.3, -0.25) is 0 Å². The van der Waals surface area contributed by atoms with Crippen LogP contribution in [0.3, 0.4) is 0 Å². The summed E-state index contributed by atoms with van der Waals surface area (Å²) in [6.45, 7) is 0. The molecule has 19 heavy (non-hydrogen) atoms. The van der Waals surface area contributed by atoms with Gasteiger partial charge in [-0.05, 0) is 19.3 Å². The maximum atomic E-state index is 12.0. The van der Waals surface area contributed by atoms with Gasteiger partial charge in [0.25, 0.3) is 0 Å². The van der Waals surface area contributed by atoms with Gasteiger partial charge in [-0.15, -0.1) is 0 Å². The Morgan fingerprint density at radius 2 is 1.74 bits per heavy atom. The maximum absolute atomic E-state index is 12.0. The third kappa shape index (κ3) is 6.44. The molecule has 114 valence electrons. The number of hydrogen-bond donors (Lipinski definition) is 1. The van der Waals surface area contributed by atoms with Gasteiger partial charge in [0.2, 0.25) is 10.0 Å². The van der Waals surface area contributed by atoms with Gasteiger partial charge in [-0.1, -0.05) is 35.2 Å². The van der Waals surface area contributed by atoms with Crippen LogP contribution >= 0.6 is 15.9 Å². The van der Waals surface area contributed by atoms with Crippen LogP contribution in [0.2, 0.25) is 0 Å². The highest BCUT2D eigenvalue weighted by Gasteiger charge is 2.35. The fourth-order valence-electron chi connectivity index (χ4n) is 2.34. The molecule has 0 heterocycles. The molecule has 8 heteroatoms. The smallest absolute Gasteiger partial charge is 0.212 e. The van der Waals surface area contributed by atoms with Crippen LogP contribution in [0.4, 0.5) is 13.2 Å². The summed E-state index contributed by atoms with van der Waals surface area (Å²) in [6, 6.07) is 0. The van der Waals surface area contributed by atoms with Crippen molar-refractivity contribution in [1.82, 2.24) is 4.72 Å². The number of alkyl halides is 4. The van der Waals surface area contributed by atoms with Crippen LogP contribution in [0.15, 0.2) is 0 Å². The largest absolute Gasteiger partial charge is 0.389 e. The normalized spacial score (nSPS) is 20.4. The number of halogens is 4. The van der Waals surface area contributed by atoms with Gasteiger partial charge in [-0.2, -0.15) is 13.2 Å². The Kier molecular flexibility index (Phi) is 6.13. The molecule has 0 unspecified atom stereocenters. The van der Waals surface area contributed by atoms with Gasteiger partial charge in [0, 0.05) is 17.3 Å². The van der Waals surface area contributed by atoms with Gasteiger partial charge in [0.05, 0.1) is 5.75 Å². The Labute approximate surface area is 120 Å². The average Bonchev–Trinajstić information content (AvgIpc) is 2.27. The minimum atomic E-state index is -4.30. The quantitative estimate of drug-likeness (QED) is 0.733. The highest BCUT2D eigenvalue weighted by atomic mass is 79.9. The molecule has 1 rings (SSSR count). The molecular formula is C11H19BrF3NO2S. The van der Waals surface area contributed by atoms with Crippen LogP contribution in [0.1, 0.15) is 44.9 Å². The van der Waals surface area contributed by atoms with Crippen molar-refractivity contribution in [2.75, 3.05) is 11.1 Å². The molecule has 1 aliphatic rings. The molecule has 1 saturated carbocycles. The van der Waals surface area contributed by atoms with Crippen molar-refractivity contribution >= 4 is 26.0 Å². The molecule has 0 amide bonds. The number of hydrogen-bond acceptors (Lipinski definition) is 2. The van der Waals surface area contributed by atoms with E-state index in [9.17, 15) is 21.6 Å². The number of rotatable bonds is 6. The van der Waals surface area contributed by atoms with Gasteiger partial charge < -0.3 is 0 Å². The molecule has 1 N–H and O–H groups in total. The van der Waals surface area contributed by atoms with Gasteiger partial charge >= 0.3 is 6.18 Å². The summed E-state index contributed by atoms with van der Waals surface area (Å²) in [5, 5.41) is 0.499.